The van der Waals surface area contributed by atoms with Crippen LogP contribution in [0.15, 0.2) is 22.5 Å². The van der Waals surface area contributed by atoms with Crippen molar-refractivity contribution in [2.75, 3.05) is 19.7 Å². The van der Waals surface area contributed by atoms with E-state index in [1.165, 1.54) is 5.57 Å². The Hall–Kier alpha value is -1.88. The summed E-state index contributed by atoms with van der Waals surface area (Å²) in [6.07, 6.45) is 4.60. The first-order valence-electron chi connectivity index (χ1n) is 8.52. The van der Waals surface area contributed by atoms with E-state index < -0.39 is 0 Å². The highest BCUT2D eigenvalue weighted by Gasteiger charge is 2.37. The van der Waals surface area contributed by atoms with Gasteiger partial charge in [-0.1, -0.05) is 11.6 Å². The van der Waals surface area contributed by atoms with Crippen LogP contribution in [-0.2, 0) is 0 Å². The van der Waals surface area contributed by atoms with Crippen LogP contribution in [-0.4, -0.2) is 40.6 Å². The molecule has 0 unspecified atom stereocenters. The molecule has 0 aliphatic carbocycles. The summed E-state index contributed by atoms with van der Waals surface area (Å²) < 4.78 is 0. The van der Waals surface area contributed by atoms with E-state index in [2.05, 4.69) is 11.1 Å². The zero-order chi connectivity index (χ0) is 17.9. The van der Waals surface area contributed by atoms with Crippen LogP contribution in [0.1, 0.15) is 54.7 Å². The van der Waals surface area contributed by atoms with E-state index in [1.54, 1.807) is 18.7 Å². The number of nitrogens with zero attached hydrogens (tertiary/aromatic N) is 1. The average Bonchev–Trinajstić information content (AvgIpc) is 2.52. The number of pyridine rings is 1. The summed E-state index contributed by atoms with van der Waals surface area (Å²) in [7, 11) is 0. The zero-order valence-electron chi connectivity index (χ0n) is 15.1. The molecule has 1 amide bonds. The van der Waals surface area contributed by atoms with Gasteiger partial charge in [-0.3, -0.25) is 9.59 Å². The molecule has 5 heteroatoms. The Kier molecular flexibility index (Phi) is 5.65. The molecule has 2 N–H and O–H groups in total. The predicted molar refractivity (Wildman–Crippen MR) is 95.2 cm³/mol. The molecule has 1 fully saturated rings. The lowest BCUT2D eigenvalue weighted by Crippen LogP contribution is -2.49. The second-order valence-electron chi connectivity index (χ2n) is 7.31. The number of nitrogens with one attached hydrogen (secondary N) is 1. The number of piperidine rings is 1. The maximum Gasteiger partial charge on any atom is 0.261 e. The highest BCUT2D eigenvalue weighted by molar-refractivity contribution is 5.95. The summed E-state index contributed by atoms with van der Waals surface area (Å²) in [4.78, 5) is 29.6. The molecule has 132 valence electrons. The average molecular weight is 332 g/mol. The topological polar surface area (TPSA) is 73.4 Å². The first-order chi connectivity index (χ1) is 11.3. The van der Waals surface area contributed by atoms with Gasteiger partial charge in [0, 0.05) is 24.2 Å². The number of hydrogen-bond acceptors (Lipinski definition) is 3. The Balaban J connectivity index is 2.27. The normalized spacial score (nSPS) is 20.8. The van der Waals surface area contributed by atoms with Crippen LogP contribution >= 0.6 is 0 Å². The maximum absolute atomic E-state index is 12.9. The van der Waals surface area contributed by atoms with Crippen LogP contribution in [0.5, 0.6) is 0 Å². The van der Waals surface area contributed by atoms with Crippen LogP contribution < -0.4 is 5.56 Å². The van der Waals surface area contributed by atoms with Crippen molar-refractivity contribution in [2.24, 2.45) is 5.41 Å². The number of amides is 1. The number of carbonyl (C=O) groups excluding carboxylic acids is 1. The third-order valence-electron chi connectivity index (χ3n) is 4.81. The van der Waals surface area contributed by atoms with E-state index in [9.17, 15) is 14.7 Å². The number of aryl methyl sites for hydroxylation is 2. The Labute approximate surface area is 143 Å². The lowest BCUT2D eigenvalue weighted by molar-refractivity contribution is 0.0282. The Bertz CT molecular complexity index is 701. The number of H-pyrrole nitrogens is 1. The predicted octanol–water partition coefficient (Wildman–Crippen LogP) is 2.56. The molecule has 5 nitrogen and oxygen atoms in total. The minimum atomic E-state index is -0.332. The number of rotatable bonds is 4. The Morgan fingerprint density at radius 3 is 2.71 bits per heavy atom. The molecule has 1 aromatic heterocycles. The fourth-order valence-electron chi connectivity index (χ4n) is 3.44. The molecule has 1 aliphatic rings. The molecule has 24 heavy (non-hydrogen) atoms. The van der Waals surface area contributed by atoms with Gasteiger partial charge in [0.15, 0.2) is 0 Å². The summed E-state index contributed by atoms with van der Waals surface area (Å²) in [5, 5.41) is 9.93. The number of aliphatic hydroxyl groups excluding tert-OH is 1. The van der Waals surface area contributed by atoms with Crippen molar-refractivity contribution in [2.45, 2.75) is 47.0 Å². The second-order valence-corrected chi connectivity index (χ2v) is 7.31. The van der Waals surface area contributed by atoms with Crippen LogP contribution in [0.2, 0.25) is 0 Å². The molecule has 1 atom stereocenters. The number of carbonyl (C=O) groups is 1. The molecule has 1 aromatic rings. The number of aromatic nitrogens is 1. The number of hydrogen-bond donors (Lipinski definition) is 2. The Morgan fingerprint density at radius 1 is 1.42 bits per heavy atom. The fraction of sp³-hybridized carbons (Fsp3) is 0.579. The summed E-state index contributed by atoms with van der Waals surface area (Å²) in [6.45, 7) is 8.82. The largest absolute Gasteiger partial charge is 0.396 e. The lowest BCUT2D eigenvalue weighted by atomic mass is 9.77. The number of likely N-dealkylation sites (tertiary alicyclic amines) is 1. The summed E-state index contributed by atoms with van der Waals surface area (Å²) >= 11 is 0. The van der Waals surface area contributed by atoms with Gasteiger partial charge in [-0.2, -0.15) is 0 Å². The van der Waals surface area contributed by atoms with Crippen LogP contribution in [0.4, 0.5) is 0 Å². The van der Waals surface area contributed by atoms with Gasteiger partial charge in [0.05, 0.1) is 6.61 Å². The van der Waals surface area contributed by atoms with Crippen molar-refractivity contribution in [1.82, 2.24) is 9.88 Å². The third kappa shape index (κ3) is 3.96. The highest BCUT2D eigenvalue weighted by Crippen LogP contribution is 2.34. The molecular weight excluding hydrogens is 304 g/mol. The van der Waals surface area contributed by atoms with Crippen molar-refractivity contribution in [1.29, 1.82) is 0 Å². The van der Waals surface area contributed by atoms with Gasteiger partial charge in [0.1, 0.15) is 5.56 Å². The number of allylic oxidation sites excluding steroid dienone is 2. The molecule has 0 spiro atoms. The van der Waals surface area contributed by atoms with Gasteiger partial charge < -0.3 is 15.0 Å². The molecule has 0 bridgehead atoms. The van der Waals surface area contributed by atoms with E-state index in [0.29, 0.717) is 18.7 Å². The smallest absolute Gasteiger partial charge is 0.261 e. The molecule has 2 heterocycles. The van der Waals surface area contributed by atoms with Crippen molar-refractivity contribution in [3.05, 3.63) is 44.9 Å². The first kappa shape index (κ1) is 18.5. The number of aromatic amines is 1. The van der Waals surface area contributed by atoms with E-state index in [-0.39, 0.29) is 29.1 Å². The minimum absolute atomic E-state index is 0.0454. The van der Waals surface area contributed by atoms with Crippen molar-refractivity contribution >= 4 is 5.91 Å². The highest BCUT2D eigenvalue weighted by atomic mass is 16.3. The molecule has 1 saturated heterocycles. The number of aliphatic hydroxyl groups is 1. The van der Waals surface area contributed by atoms with Crippen molar-refractivity contribution in [3.63, 3.8) is 0 Å². The lowest BCUT2D eigenvalue weighted by Gasteiger charge is -2.41. The molecule has 0 radical (unpaired) electrons. The minimum Gasteiger partial charge on any atom is -0.396 e. The first-order valence-corrected chi connectivity index (χ1v) is 8.52. The third-order valence-corrected chi connectivity index (χ3v) is 4.81. The van der Waals surface area contributed by atoms with E-state index in [4.69, 9.17) is 0 Å². The van der Waals surface area contributed by atoms with Crippen LogP contribution in [0, 0.1) is 19.3 Å². The molecule has 0 saturated carbocycles. The van der Waals surface area contributed by atoms with Gasteiger partial charge in [0.2, 0.25) is 0 Å². The van der Waals surface area contributed by atoms with Gasteiger partial charge in [-0.05, 0) is 58.6 Å². The monoisotopic (exact) mass is 332 g/mol. The van der Waals surface area contributed by atoms with Crippen molar-refractivity contribution < 1.29 is 9.90 Å². The molecular formula is C19H28N2O3. The second kappa shape index (κ2) is 7.34. The molecule has 2 rings (SSSR count). The standard InChI is InChI=1S/C19H28N2O3/c1-13(2)6-8-19(12-22)7-5-9-21(11-19)18(24)16-14(3)10-15(4)20-17(16)23/h6,10,22H,5,7-9,11-12H2,1-4H3,(H,20,23)/t19-/m1/s1. The van der Waals surface area contributed by atoms with E-state index >= 15 is 0 Å². The summed E-state index contributed by atoms with van der Waals surface area (Å²) in [6, 6.07) is 1.82. The van der Waals surface area contributed by atoms with Crippen LogP contribution in [0.25, 0.3) is 0 Å². The van der Waals surface area contributed by atoms with E-state index in [1.807, 2.05) is 19.9 Å². The van der Waals surface area contributed by atoms with Crippen LogP contribution in [0.3, 0.4) is 0 Å². The van der Waals surface area contributed by atoms with Gasteiger partial charge in [-0.25, -0.2) is 0 Å². The zero-order valence-corrected chi connectivity index (χ0v) is 15.1. The van der Waals surface area contributed by atoms with E-state index in [0.717, 1.165) is 25.0 Å². The summed E-state index contributed by atoms with van der Waals surface area (Å²) in [5.41, 5.74) is 2.23. The Morgan fingerprint density at radius 2 is 2.12 bits per heavy atom. The molecule has 1 aliphatic heterocycles. The van der Waals surface area contributed by atoms with Gasteiger partial charge in [-0.15, -0.1) is 0 Å². The quantitative estimate of drug-likeness (QED) is 0.832. The summed E-state index contributed by atoms with van der Waals surface area (Å²) in [5.74, 6) is -0.233. The van der Waals surface area contributed by atoms with Gasteiger partial charge >= 0.3 is 0 Å². The van der Waals surface area contributed by atoms with Gasteiger partial charge in [0.25, 0.3) is 11.5 Å². The fourth-order valence-corrected chi connectivity index (χ4v) is 3.44. The van der Waals surface area contributed by atoms with Crippen molar-refractivity contribution in [3.8, 4) is 0 Å². The maximum atomic E-state index is 12.9. The molecule has 0 aromatic carbocycles. The SMILES string of the molecule is CC(C)=CC[C@]1(CO)CCCN(C(=O)c2c(C)cc(C)[nH]c2=O)C1.